The predicted octanol–water partition coefficient (Wildman–Crippen LogP) is 3.25. The number of ketones is 1. The second kappa shape index (κ2) is 11.0. The molecule has 1 heterocycles. The van der Waals surface area contributed by atoms with Gasteiger partial charge in [0.05, 0.1) is 12.5 Å². The van der Waals surface area contributed by atoms with Gasteiger partial charge in [-0.05, 0) is 53.7 Å². The molecule has 162 valence electrons. The summed E-state index contributed by atoms with van der Waals surface area (Å²) >= 11 is 1.52. The van der Waals surface area contributed by atoms with Gasteiger partial charge in [-0.3, -0.25) is 9.59 Å². The highest BCUT2D eigenvalue weighted by molar-refractivity contribution is 7.98. The molecule has 1 atom stereocenters. The molecule has 1 amide bonds. The molecule has 3 N–H and O–H groups in total. The third kappa shape index (κ3) is 5.86. The van der Waals surface area contributed by atoms with Crippen LogP contribution < -0.4 is 5.32 Å². The minimum absolute atomic E-state index is 0.293. The number of nitrogens with zero attached hydrogens (tertiary/aromatic N) is 1. The Balaban J connectivity index is 1.93. The maximum atomic E-state index is 13.0. The highest BCUT2D eigenvalue weighted by atomic mass is 32.2. The van der Waals surface area contributed by atoms with Crippen molar-refractivity contribution in [2.45, 2.75) is 12.5 Å². The third-order valence-corrected chi connectivity index (χ3v) is 5.27. The fourth-order valence-corrected chi connectivity index (χ4v) is 3.45. The van der Waals surface area contributed by atoms with Crippen LogP contribution in [0.3, 0.4) is 0 Å². The van der Waals surface area contributed by atoms with Gasteiger partial charge >= 0.3 is 5.97 Å². The fraction of sp³-hybridized carbons (Fsp3) is 0.167. The van der Waals surface area contributed by atoms with Crippen molar-refractivity contribution in [1.82, 2.24) is 15.3 Å². The average molecular weight is 448 g/mol. The number of carboxylic acid groups (broad SMARTS) is 1. The van der Waals surface area contributed by atoms with Crippen LogP contribution in [0.25, 0.3) is 11.1 Å². The van der Waals surface area contributed by atoms with E-state index in [1.807, 2.05) is 36.6 Å². The van der Waals surface area contributed by atoms with Gasteiger partial charge in [0.2, 0.25) is 0 Å². The van der Waals surface area contributed by atoms with Crippen molar-refractivity contribution < 1.29 is 19.5 Å². The Morgan fingerprint density at radius 3 is 2.62 bits per heavy atom. The van der Waals surface area contributed by atoms with Gasteiger partial charge in [0.15, 0.2) is 0 Å². The Hall–Kier alpha value is -3.83. The van der Waals surface area contributed by atoms with Gasteiger partial charge in [-0.2, -0.15) is 11.8 Å². The molecule has 0 saturated carbocycles. The van der Waals surface area contributed by atoms with E-state index in [1.165, 1.54) is 24.3 Å². The van der Waals surface area contributed by atoms with Crippen LogP contribution in [0.5, 0.6) is 0 Å². The normalized spacial score (nSPS) is 11.2. The highest BCUT2D eigenvalue weighted by Crippen LogP contribution is 2.25. The summed E-state index contributed by atoms with van der Waals surface area (Å²) in [4.78, 5) is 43.1. The number of carbonyl (C=O) groups excluding carboxylic acids is 2. The standard InChI is InChI=1S/C24H21N3O4S/c1-32-12-11-20(24(30)31)27-23(29)18-9-7-16(8-10-22(28)21-14-25-15-26-21)13-19(18)17-5-3-2-4-6-17/h2-7,9,13-15,20H,11-12H2,1H3,(H,25,26)(H,27,29)(H,30,31). The van der Waals surface area contributed by atoms with E-state index in [9.17, 15) is 19.5 Å². The summed E-state index contributed by atoms with van der Waals surface area (Å²) in [6.45, 7) is 0. The van der Waals surface area contributed by atoms with Crippen LogP contribution in [0, 0.1) is 11.8 Å². The van der Waals surface area contributed by atoms with Crippen molar-refractivity contribution in [3.8, 4) is 23.0 Å². The zero-order valence-electron chi connectivity index (χ0n) is 17.3. The van der Waals surface area contributed by atoms with Gasteiger partial charge in [-0.25, -0.2) is 9.78 Å². The van der Waals surface area contributed by atoms with E-state index in [4.69, 9.17) is 0 Å². The van der Waals surface area contributed by atoms with Crippen LogP contribution in [-0.2, 0) is 4.79 Å². The largest absolute Gasteiger partial charge is 0.480 e. The van der Waals surface area contributed by atoms with Crippen molar-refractivity contribution in [1.29, 1.82) is 0 Å². The Kier molecular flexibility index (Phi) is 7.84. The second-order valence-electron chi connectivity index (χ2n) is 6.82. The summed E-state index contributed by atoms with van der Waals surface area (Å²) in [5, 5.41) is 12.1. The van der Waals surface area contributed by atoms with Crippen molar-refractivity contribution >= 4 is 29.4 Å². The minimum atomic E-state index is -1.08. The molecule has 0 saturated heterocycles. The van der Waals surface area contributed by atoms with Gasteiger partial charge < -0.3 is 15.4 Å². The third-order valence-electron chi connectivity index (χ3n) is 4.63. The molecule has 0 aliphatic rings. The first kappa shape index (κ1) is 22.8. The van der Waals surface area contributed by atoms with E-state index in [0.29, 0.717) is 34.6 Å². The molecule has 0 aliphatic heterocycles. The summed E-state index contributed by atoms with van der Waals surface area (Å²) in [5.74, 6) is 4.04. The number of imidazole rings is 1. The monoisotopic (exact) mass is 447 g/mol. The molecular formula is C24H21N3O4S. The smallest absolute Gasteiger partial charge is 0.326 e. The molecule has 0 fully saturated rings. The van der Waals surface area contributed by atoms with E-state index >= 15 is 0 Å². The number of benzene rings is 2. The first-order valence-corrected chi connectivity index (χ1v) is 11.2. The van der Waals surface area contributed by atoms with Gasteiger partial charge in [0, 0.05) is 11.1 Å². The van der Waals surface area contributed by atoms with E-state index < -0.39 is 23.7 Å². The number of nitrogens with one attached hydrogen (secondary N) is 2. The Bertz CT molecular complexity index is 1160. The molecule has 0 bridgehead atoms. The average Bonchev–Trinajstić information content (AvgIpc) is 3.35. The lowest BCUT2D eigenvalue weighted by molar-refractivity contribution is -0.139. The van der Waals surface area contributed by atoms with E-state index in [0.717, 1.165) is 5.56 Å². The SMILES string of the molecule is CSCCC(NC(=O)c1ccc(C#CC(=O)c2cnc[nH]2)cc1-c1ccccc1)C(=O)O. The topological polar surface area (TPSA) is 112 Å². The maximum absolute atomic E-state index is 13.0. The second-order valence-corrected chi connectivity index (χ2v) is 7.80. The summed E-state index contributed by atoms with van der Waals surface area (Å²) in [6, 6.07) is 13.2. The molecule has 2 aromatic carbocycles. The van der Waals surface area contributed by atoms with Gasteiger partial charge in [0.25, 0.3) is 11.7 Å². The molecule has 0 spiro atoms. The number of aromatic amines is 1. The number of H-pyrrole nitrogens is 1. The summed E-state index contributed by atoms with van der Waals surface area (Å²) in [6.07, 6.45) is 5.00. The Labute approximate surface area is 189 Å². The van der Waals surface area contributed by atoms with Gasteiger partial charge in [0.1, 0.15) is 11.7 Å². The predicted molar refractivity (Wildman–Crippen MR) is 124 cm³/mol. The quantitative estimate of drug-likeness (QED) is 0.361. The number of Topliss-reactive ketones (excluding diaryl/α,β-unsaturated/α-hetero) is 1. The number of aliphatic carboxylic acids is 1. The molecule has 0 radical (unpaired) electrons. The number of carboxylic acids is 1. The molecular weight excluding hydrogens is 426 g/mol. The maximum Gasteiger partial charge on any atom is 0.326 e. The molecule has 8 heteroatoms. The molecule has 1 unspecified atom stereocenters. The highest BCUT2D eigenvalue weighted by Gasteiger charge is 2.22. The zero-order valence-corrected chi connectivity index (χ0v) is 18.1. The lowest BCUT2D eigenvalue weighted by Gasteiger charge is -2.16. The summed E-state index contributed by atoms with van der Waals surface area (Å²) < 4.78 is 0. The van der Waals surface area contributed by atoms with Crippen molar-refractivity contribution in [2.75, 3.05) is 12.0 Å². The summed E-state index contributed by atoms with van der Waals surface area (Å²) in [7, 11) is 0. The van der Waals surface area contributed by atoms with E-state index in [2.05, 4.69) is 27.1 Å². The Morgan fingerprint density at radius 1 is 1.19 bits per heavy atom. The number of hydrogen-bond acceptors (Lipinski definition) is 5. The number of amides is 1. The fourth-order valence-electron chi connectivity index (χ4n) is 2.98. The van der Waals surface area contributed by atoms with Crippen LogP contribution in [0.2, 0.25) is 0 Å². The van der Waals surface area contributed by atoms with Crippen LogP contribution in [0.4, 0.5) is 0 Å². The van der Waals surface area contributed by atoms with Crippen LogP contribution in [-0.4, -0.2) is 50.8 Å². The van der Waals surface area contributed by atoms with Crippen molar-refractivity contribution in [3.63, 3.8) is 0 Å². The molecule has 0 aliphatic carbocycles. The first-order chi connectivity index (χ1) is 15.5. The number of thioether (sulfide) groups is 1. The number of aromatic nitrogens is 2. The number of hydrogen-bond donors (Lipinski definition) is 3. The molecule has 3 rings (SSSR count). The molecule has 1 aromatic heterocycles. The molecule has 7 nitrogen and oxygen atoms in total. The van der Waals surface area contributed by atoms with E-state index in [1.54, 1.807) is 18.2 Å². The van der Waals surface area contributed by atoms with Gasteiger partial charge in [-0.1, -0.05) is 36.3 Å². The van der Waals surface area contributed by atoms with Crippen LogP contribution in [0.1, 0.15) is 32.8 Å². The van der Waals surface area contributed by atoms with E-state index in [-0.39, 0.29) is 0 Å². The van der Waals surface area contributed by atoms with Crippen molar-refractivity contribution in [2.24, 2.45) is 0 Å². The first-order valence-electron chi connectivity index (χ1n) is 9.76. The van der Waals surface area contributed by atoms with Crippen LogP contribution in [0.15, 0.2) is 61.1 Å². The van der Waals surface area contributed by atoms with Crippen molar-refractivity contribution in [3.05, 3.63) is 77.9 Å². The summed E-state index contributed by atoms with van der Waals surface area (Å²) in [5.41, 5.74) is 2.54. The number of rotatable bonds is 8. The minimum Gasteiger partial charge on any atom is -0.480 e. The van der Waals surface area contributed by atoms with Crippen LogP contribution >= 0.6 is 11.8 Å². The number of carbonyl (C=O) groups is 3. The lowest BCUT2D eigenvalue weighted by Crippen LogP contribution is -2.41. The zero-order chi connectivity index (χ0) is 22.9. The Morgan fingerprint density at radius 2 is 1.97 bits per heavy atom. The molecule has 32 heavy (non-hydrogen) atoms. The lowest BCUT2D eigenvalue weighted by atomic mass is 9.96. The molecule has 3 aromatic rings. The van der Waals surface area contributed by atoms with Gasteiger partial charge in [-0.15, -0.1) is 0 Å².